The molecule has 3 saturated carbocycles. The highest BCUT2D eigenvalue weighted by Gasteiger charge is 2.40. The molecule has 0 aliphatic heterocycles. The number of carboxylic acids is 2. The lowest BCUT2D eigenvalue weighted by Crippen LogP contribution is -2.45. The highest BCUT2D eigenvalue weighted by atomic mass is 16.4. The fourth-order valence-electron chi connectivity index (χ4n) is 3.23. The van der Waals surface area contributed by atoms with Crippen LogP contribution in [0.3, 0.4) is 0 Å². The topological polar surface area (TPSA) is 77.8 Å². The Kier molecular flexibility index (Phi) is 3.66. The van der Waals surface area contributed by atoms with E-state index in [0.29, 0.717) is 18.4 Å². The van der Waals surface area contributed by atoms with E-state index in [1.165, 1.54) is 19.3 Å². The predicted octanol–water partition coefficient (Wildman–Crippen LogP) is 0.894. The number of aliphatic carboxylic acids is 2. The van der Waals surface area contributed by atoms with E-state index in [1.54, 1.807) is 4.90 Å². The van der Waals surface area contributed by atoms with Crippen LogP contribution in [-0.2, 0) is 9.59 Å². The molecular formula is C12H19NO4. The molecule has 2 bridgehead atoms. The van der Waals surface area contributed by atoms with Gasteiger partial charge < -0.3 is 10.2 Å². The van der Waals surface area contributed by atoms with Gasteiger partial charge in [0.25, 0.3) is 0 Å². The predicted molar refractivity (Wildman–Crippen MR) is 60.6 cm³/mol. The highest BCUT2D eigenvalue weighted by Crippen LogP contribution is 2.48. The molecule has 0 aromatic heterocycles. The molecule has 3 fully saturated rings. The Bertz CT molecular complexity index is 293. The van der Waals surface area contributed by atoms with Crippen molar-refractivity contribution in [3.8, 4) is 0 Å². The lowest BCUT2D eigenvalue weighted by atomic mass is 9.60. The number of carbonyl (C=O) groups is 2. The van der Waals surface area contributed by atoms with Crippen LogP contribution in [0.4, 0.5) is 0 Å². The third-order valence-corrected chi connectivity index (χ3v) is 4.09. The molecule has 1 atom stereocenters. The number of nitrogens with zero attached hydrogens (tertiary/aromatic N) is 1. The van der Waals surface area contributed by atoms with Crippen molar-refractivity contribution in [2.24, 2.45) is 17.8 Å². The number of hydrogen-bond donors (Lipinski definition) is 2. The van der Waals surface area contributed by atoms with Crippen molar-refractivity contribution in [3.05, 3.63) is 0 Å². The van der Waals surface area contributed by atoms with Gasteiger partial charge in [0, 0.05) is 6.54 Å². The van der Waals surface area contributed by atoms with Gasteiger partial charge >= 0.3 is 11.9 Å². The van der Waals surface area contributed by atoms with Crippen LogP contribution >= 0.6 is 0 Å². The van der Waals surface area contributed by atoms with Gasteiger partial charge in [-0.05, 0) is 37.0 Å². The smallest absolute Gasteiger partial charge is 0.317 e. The first-order valence-electron chi connectivity index (χ1n) is 6.20. The number of fused-ring (bicyclic) bond motifs is 2. The Morgan fingerprint density at radius 3 is 2.06 bits per heavy atom. The monoisotopic (exact) mass is 241 g/mol. The van der Waals surface area contributed by atoms with E-state index in [9.17, 15) is 9.59 Å². The number of hydrogen-bond acceptors (Lipinski definition) is 3. The molecule has 0 spiro atoms. The summed E-state index contributed by atoms with van der Waals surface area (Å²) >= 11 is 0. The second-order valence-corrected chi connectivity index (χ2v) is 5.39. The molecule has 0 unspecified atom stereocenters. The summed E-state index contributed by atoms with van der Waals surface area (Å²) in [5.74, 6) is 0.197. The lowest BCUT2D eigenvalue weighted by Gasteiger charge is -2.47. The van der Waals surface area contributed by atoms with Crippen LogP contribution in [0, 0.1) is 17.8 Å². The van der Waals surface area contributed by atoms with Crippen molar-refractivity contribution in [1.29, 1.82) is 0 Å². The minimum Gasteiger partial charge on any atom is -0.480 e. The molecule has 2 N–H and O–H groups in total. The molecule has 3 aliphatic carbocycles. The van der Waals surface area contributed by atoms with Gasteiger partial charge in [-0.25, -0.2) is 0 Å². The number of carboxylic acid groups (broad SMARTS) is 2. The van der Waals surface area contributed by atoms with Crippen LogP contribution in [0.15, 0.2) is 0 Å². The second kappa shape index (κ2) is 5.04. The summed E-state index contributed by atoms with van der Waals surface area (Å²) < 4.78 is 0. The minimum absolute atomic E-state index is 0.168. The fourth-order valence-corrected chi connectivity index (χ4v) is 3.23. The summed E-state index contributed by atoms with van der Waals surface area (Å²) in [5.41, 5.74) is 0. The lowest BCUT2D eigenvalue weighted by molar-refractivity contribution is -0.142. The van der Waals surface area contributed by atoms with E-state index >= 15 is 0 Å². The average molecular weight is 241 g/mol. The van der Waals surface area contributed by atoms with E-state index < -0.39 is 11.9 Å². The normalized spacial score (nSPS) is 31.0. The molecule has 96 valence electrons. The van der Waals surface area contributed by atoms with Crippen molar-refractivity contribution < 1.29 is 19.8 Å². The highest BCUT2D eigenvalue weighted by molar-refractivity contribution is 5.72. The van der Waals surface area contributed by atoms with E-state index in [-0.39, 0.29) is 13.1 Å². The Balaban J connectivity index is 1.86. The van der Waals surface area contributed by atoms with Gasteiger partial charge in [-0.2, -0.15) is 0 Å². The van der Waals surface area contributed by atoms with Gasteiger partial charge in [-0.3, -0.25) is 14.5 Å². The largest absolute Gasteiger partial charge is 0.480 e. The SMILES string of the molecule is O=C(O)CN(CC(=O)O)C[C@@H]1CCC2CC1C2. The van der Waals surface area contributed by atoms with Crippen LogP contribution in [-0.4, -0.2) is 46.7 Å². The van der Waals surface area contributed by atoms with E-state index in [0.717, 1.165) is 12.3 Å². The van der Waals surface area contributed by atoms with Crippen LogP contribution in [0.1, 0.15) is 25.7 Å². The average Bonchev–Trinajstić information content (AvgIpc) is 2.13. The maximum absolute atomic E-state index is 10.7. The Morgan fingerprint density at radius 1 is 1.06 bits per heavy atom. The van der Waals surface area contributed by atoms with Crippen molar-refractivity contribution >= 4 is 11.9 Å². The Hall–Kier alpha value is -1.10. The van der Waals surface area contributed by atoms with E-state index in [2.05, 4.69) is 0 Å². The van der Waals surface area contributed by atoms with Crippen LogP contribution < -0.4 is 0 Å². The molecule has 0 aromatic rings. The third kappa shape index (κ3) is 3.19. The molecule has 0 radical (unpaired) electrons. The van der Waals surface area contributed by atoms with E-state index in [4.69, 9.17) is 10.2 Å². The second-order valence-electron chi connectivity index (χ2n) is 5.39. The summed E-state index contributed by atoms with van der Waals surface area (Å²) in [6, 6.07) is 0. The molecule has 0 amide bonds. The standard InChI is InChI=1S/C12H19NO4/c14-11(15)6-13(7-12(16)17)5-9-2-1-8-3-10(9)4-8/h8-10H,1-7H2,(H,14,15)(H,16,17)/t8?,9-,10?/m0/s1. The summed E-state index contributed by atoms with van der Waals surface area (Å²) in [6.45, 7) is 0.286. The van der Waals surface area contributed by atoms with Gasteiger partial charge in [0.2, 0.25) is 0 Å². The van der Waals surface area contributed by atoms with Gasteiger partial charge in [-0.15, -0.1) is 0 Å². The number of rotatable bonds is 6. The maximum Gasteiger partial charge on any atom is 0.317 e. The molecule has 5 nitrogen and oxygen atoms in total. The van der Waals surface area contributed by atoms with Crippen LogP contribution in [0.25, 0.3) is 0 Å². The third-order valence-electron chi connectivity index (χ3n) is 4.09. The van der Waals surface area contributed by atoms with Crippen molar-refractivity contribution in [2.75, 3.05) is 19.6 Å². The zero-order valence-corrected chi connectivity index (χ0v) is 9.84. The Labute approximate surface area is 100 Å². The molecule has 0 aromatic carbocycles. The molecular weight excluding hydrogens is 222 g/mol. The first kappa shape index (κ1) is 12.4. The summed E-state index contributed by atoms with van der Waals surface area (Å²) in [6.07, 6.45) is 4.89. The quantitative estimate of drug-likeness (QED) is 0.722. The van der Waals surface area contributed by atoms with Crippen molar-refractivity contribution in [1.82, 2.24) is 4.90 Å². The van der Waals surface area contributed by atoms with Gasteiger partial charge in [0.05, 0.1) is 13.1 Å². The zero-order valence-electron chi connectivity index (χ0n) is 9.84. The summed E-state index contributed by atoms with van der Waals surface area (Å²) in [7, 11) is 0. The van der Waals surface area contributed by atoms with Crippen molar-refractivity contribution in [3.63, 3.8) is 0 Å². The van der Waals surface area contributed by atoms with Gasteiger partial charge in [0.1, 0.15) is 0 Å². The minimum atomic E-state index is -0.950. The fraction of sp³-hybridized carbons (Fsp3) is 0.833. The van der Waals surface area contributed by atoms with Crippen LogP contribution in [0.2, 0.25) is 0 Å². The molecule has 5 heteroatoms. The first-order chi connectivity index (χ1) is 8.04. The molecule has 17 heavy (non-hydrogen) atoms. The summed E-state index contributed by atoms with van der Waals surface area (Å²) in [5, 5.41) is 17.5. The van der Waals surface area contributed by atoms with Crippen molar-refractivity contribution in [2.45, 2.75) is 25.7 Å². The molecule has 3 rings (SSSR count). The van der Waals surface area contributed by atoms with Gasteiger partial charge in [-0.1, -0.05) is 6.42 Å². The van der Waals surface area contributed by atoms with E-state index in [1.807, 2.05) is 0 Å². The molecule has 3 aliphatic rings. The molecule has 0 saturated heterocycles. The van der Waals surface area contributed by atoms with Crippen LogP contribution in [0.5, 0.6) is 0 Å². The first-order valence-corrected chi connectivity index (χ1v) is 6.20. The van der Waals surface area contributed by atoms with Gasteiger partial charge in [0.15, 0.2) is 0 Å². The maximum atomic E-state index is 10.7. The zero-order chi connectivity index (χ0) is 12.4. The Morgan fingerprint density at radius 2 is 1.65 bits per heavy atom. The molecule has 0 heterocycles. The summed E-state index contributed by atoms with van der Waals surface area (Å²) in [4.78, 5) is 22.9.